The van der Waals surface area contributed by atoms with Crippen molar-refractivity contribution in [3.05, 3.63) is 110 Å². The number of esters is 1. The number of carboxylic acid groups (broad SMARTS) is 1. The van der Waals surface area contributed by atoms with E-state index in [4.69, 9.17) is 4.74 Å². The lowest BCUT2D eigenvalue weighted by Crippen LogP contribution is -2.21. The lowest BCUT2D eigenvalue weighted by atomic mass is 9.89. The Balaban J connectivity index is 2.21. The predicted molar refractivity (Wildman–Crippen MR) is 204 cm³/mol. The van der Waals surface area contributed by atoms with E-state index in [1.165, 1.54) is 11.4 Å². The summed E-state index contributed by atoms with van der Waals surface area (Å²) in [5.41, 5.74) is 9.61. The zero-order valence-electron chi connectivity index (χ0n) is 30.2. The highest BCUT2D eigenvalue weighted by Crippen LogP contribution is 2.31. The molecule has 3 aromatic rings. The first-order valence-electron chi connectivity index (χ1n) is 17.0. The minimum absolute atomic E-state index is 0.0330. The second-order valence-corrected chi connectivity index (χ2v) is 11.9. The summed E-state index contributed by atoms with van der Waals surface area (Å²) in [7, 11) is 0. The fourth-order valence-electron chi connectivity index (χ4n) is 5.87. The predicted octanol–water partition coefficient (Wildman–Crippen LogP) is 9.70. The number of nitrogens with zero attached hydrogens (tertiary/aromatic N) is 2. The first kappa shape index (κ1) is 37.6. The number of benzene rings is 3. The number of rotatable bonds is 15. The molecule has 3 rings (SSSR count). The van der Waals surface area contributed by atoms with Crippen LogP contribution in [0.15, 0.2) is 71.3 Å². The maximum absolute atomic E-state index is 13.2. The summed E-state index contributed by atoms with van der Waals surface area (Å²) >= 11 is 0. The third-order valence-electron chi connectivity index (χ3n) is 8.71. The first-order chi connectivity index (χ1) is 23.0. The molecule has 0 unspecified atom stereocenters. The van der Waals surface area contributed by atoms with Crippen LogP contribution in [0.1, 0.15) is 87.4 Å². The zero-order chi connectivity index (χ0) is 35.4. The van der Waals surface area contributed by atoms with Gasteiger partial charge in [-0.2, -0.15) is 0 Å². The molecule has 6 nitrogen and oxygen atoms in total. The van der Waals surface area contributed by atoms with Crippen molar-refractivity contribution in [1.82, 2.24) is 0 Å². The highest BCUT2D eigenvalue weighted by molar-refractivity contribution is 6.10. The van der Waals surface area contributed by atoms with Gasteiger partial charge in [0.15, 0.2) is 0 Å². The third kappa shape index (κ3) is 9.37. The van der Waals surface area contributed by atoms with Gasteiger partial charge in [0, 0.05) is 37.6 Å². The van der Waals surface area contributed by atoms with E-state index in [9.17, 15) is 14.7 Å². The molecular formula is C42H52N2O4. The van der Waals surface area contributed by atoms with Crippen molar-refractivity contribution in [2.24, 2.45) is 0 Å². The molecule has 254 valence electrons. The maximum Gasteiger partial charge on any atom is 0.339 e. The average Bonchev–Trinajstić information content (AvgIpc) is 3.07. The molecule has 0 aliphatic carbocycles. The van der Waals surface area contributed by atoms with Crippen molar-refractivity contribution in [2.45, 2.75) is 62.3 Å². The quantitative estimate of drug-likeness (QED) is 0.0766. The van der Waals surface area contributed by atoms with Gasteiger partial charge in [0.25, 0.3) is 0 Å². The molecule has 0 atom stereocenters. The van der Waals surface area contributed by atoms with Crippen molar-refractivity contribution in [3.63, 3.8) is 0 Å². The van der Waals surface area contributed by atoms with E-state index < -0.39 is 11.9 Å². The molecule has 0 heterocycles. The molecular weight excluding hydrogens is 596 g/mol. The van der Waals surface area contributed by atoms with E-state index >= 15 is 0 Å². The number of allylic oxidation sites excluding steroid dienone is 1. The van der Waals surface area contributed by atoms with Gasteiger partial charge in [0.2, 0.25) is 0 Å². The molecule has 0 aromatic heterocycles. The number of ether oxygens (including phenoxy) is 1. The highest BCUT2D eigenvalue weighted by atomic mass is 16.5. The molecule has 0 aliphatic heterocycles. The van der Waals surface area contributed by atoms with Crippen LogP contribution in [-0.4, -0.2) is 49.8 Å². The number of anilines is 2. The number of hydrogen-bond acceptors (Lipinski definition) is 5. The Labute approximate surface area is 287 Å². The van der Waals surface area contributed by atoms with E-state index in [1.54, 1.807) is 26.8 Å². The Morgan fingerprint density at radius 2 is 1.10 bits per heavy atom. The summed E-state index contributed by atoms with van der Waals surface area (Å²) in [6.45, 7) is 21.7. The van der Waals surface area contributed by atoms with Crippen molar-refractivity contribution in [3.8, 4) is 0 Å². The van der Waals surface area contributed by atoms with Crippen LogP contribution in [0.4, 0.5) is 11.4 Å². The second-order valence-electron chi connectivity index (χ2n) is 11.9. The fraction of sp³-hybridized carbons (Fsp3) is 0.333. The molecule has 48 heavy (non-hydrogen) atoms. The van der Waals surface area contributed by atoms with Gasteiger partial charge in [-0.15, -0.1) is 0 Å². The molecule has 0 fully saturated rings. The summed E-state index contributed by atoms with van der Waals surface area (Å²) in [6, 6.07) is 19.2. The van der Waals surface area contributed by atoms with Crippen molar-refractivity contribution in [1.29, 1.82) is 0 Å². The second kappa shape index (κ2) is 17.9. The Kier molecular flexibility index (Phi) is 14.0. The molecule has 0 amide bonds. The van der Waals surface area contributed by atoms with Crippen LogP contribution in [-0.2, 0) is 14.3 Å². The molecule has 1 N–H and O–H groups in total. The van der Waals surface area contributed by atoms with Crippen LogP contribution in [0, 0.1) is 13.8 Å². The van der Waals surface area contributed by atoms with E-state index in [-0.39, 0.29) is 17.8 Å². The van der Waals surface area contributed by atoms with Crippen LogP contribution < -0.4 is 9.80 Å². The van der Waals surface area contributed by atoms with Crippen molar-refractivity contribution in [2.75, 3.05) is 42.6 Å². The number of carboxylic acids is 1. The number of aliphatic carboxylic acids is 1. The lowest BCUT2D eigenvalue weighted by Gasteiger charge is -2.21. The molecule has 6 heteroatoms. The third-order valence-corrected chi connectivity index (χ3v) is 8.71. The lowest BCUT2D eigenvalue weighted by molar-refractivity contribution is -0.140. The Bertz CT molecular complexity index is 1590. The maximum atomic E-state index is 13.2. The Morgan fingerprint density at radius 3 is 1.44 bits per heavy atom. The van der Waals surface area contributed by atoms with Gasteiger partial charge < -0.3 is 19.6 Å². The Hall–Kier alpha value is -4.84. The van der Waals surface area contributed by atoms with Gasteiger partial charge in [0.1, 0.15) is 0 Å². The topological polar surface area (TPSA) is 70.1 Å². The van der Waals surface area contributed by atoms with E-state index in [2.05, 4.69) is 116 Å². The van der Waals surface area contributed by atoms with Gasteiger partial charge in [0.05, 0.1) is 17.8 Å². The molecule has 0 spiro atoms. The summed E-state index contributed by atoms with van der Waals surface area (Å²) in [6.07, 6.45) is 10.0. The largest absolute Gasteiger partial charge is 0.478 e. The zero-order valence-corrected chi connectivity index (χ0v) is 30.2. The molecule has 0 saturated heterocycles. The molecule has 0 aliphatic rings. The minimum Gasteiger partial charge on any atom is -0.478 e. The first-order valence-corrected chi connectivity index (χ1v) is 17.0. The van der Waals surface area contributed by atoms with Crippen LogP contribution in [0.3, 0.4) is 0 Å². The highest BCUT2D eigenvalue weighted by Gasteiger charge is 2.24. The Morgan fingerprint density at radius 1 is 0.688 bits per heavy atom. The van der Waals surface area contributed by atoms with Crippen LogP contribution >= 0.6 is 0 Å². The van der Waals surface area contributed by atoms with E-state index in [1.807, 2.05) is 13.8 Å². The summed E-state index contributed by atoms with van der Waals surface area (Å²) in [5.74, 6) is -1.82. The van der Waals surface area contributed by atoms with Crippen LogP contribution in [0.25, 0.3) is 30.4 Å². The van der Waals surface area contributed by atoms with Crippen LogP contribution in [0.2, 0.25) is 0 Å². The van der Waals surface area contributed by atoms with Gasteiger partial charge in [-0.3, -0.25) is 0 Å². The summed E-state index contributed by atoms with van der Waals surface area (Å²) in [5, 5.41) is 10.1. The number of carbonyl (C=O) groups excluding carboxylic acids is 1. The summed E-state index contributed by atoms with van der Waals surface area (Å²) < 4.78 is 5.35. The van der Waals surface area contributed by atoms with Gasteiger partial charge in [-0.05, 0) is 138 Å². The smallest absolute Gasteiger partial charge is 0.339 e. The molecule has 0 saturated carbocycles. The van der Waals surface area contributed by atoms with Gasteiger partial charge >= 0.3 is 11.9 Å². The average molecular weight is 649 g/mol. The molecule has 0 radical (unpaired) electrons. The van der Waals surface area contributed by atoms with Gasteiger partial charge in [-0.1, -0.05) is 54.1 Å². The fourth-order valence-corrected chi connectivity index (χ4v) is 5.87. The minimum atomic E-state index is -1.16. The van der Waals surface area contributed by atoms with E-state index in [0.29, 0.717) is 5.57 Å². The standard InChI is InChI=1S/C42H52N2O4/c1-10-43(11-2)36-23-17-32(18-24-36)15-21-34-27-35(22-16-33-19-25-37(26-20-33)44(12-3)13-4)31(9)38(30(34)8)28-39(42(47)48-14-5)40(29(6)7)41(45)46/h15-28H,10-14H2,1-9H3,(H,45,46)/b21-15+,22-16+,39-28+. The normalized spacial score (nSPS) is 11.6. The van der Waals surface area contributed by atoms with Crippen molar-refractivity contribution >= 4 is 53.7 Å². The van der Waals surface area contributed by atoms with E-state index in [0.717, 1.165) is 65.1 Å². The summed E-state index contributed by atoms with van der Waals surface area (Å²) in [4.78, 5) is 30.2. The van der Waals surface area contributed by atoms with Gasteiger partial charge in [-0.25, -0.2) is 9.59 Å². The number of carbonyl (C=O) groups is 2. The monoisotopic (exact) mass is 648 g/mol. The number of hydrogen-bond donors (Lipinski definition) is 1. The van der Waals surface area contributed by atoms with Crippen molar-refractivity contribution < 1.29 is 19.4 Å². The SMILES string of the molecule is CCOC(=O)/C(=C/c1c(C)c(/C=C/c2ccc(N(CC)CC)cc2)cc(/C=C/c2ccc(N(CC)CC)cc2)c1C)C(C(=O)O)=C(C)C. The van der Waals surface area contributed by atoms with Crippen LogP contribution in [0.5, 0.6) is 0 Å². The molecule has 0 bridgehead atoms. The molecule has 3 aromatic carbocycles.